The lowest BCUT2D eigenvalue weighted by molar-refractivity contribution is -0.154. The maximum absolute atomic E-state index is 13.5. The minimum Gasteiger partial charge on any atom is -0.466 e. The zero-order valence-electron chi connectivity index (χ0n) is 18.2. The zero-order valence-corrected chi connectivity index (χ0v) is 18.2. The fourth-order valence-electron chi connectivity index (χ4n) is 5.45. The van der Waals surface area contributed by atoms with Crippen molar-refractivity contribution < 1.29 is 29.0 Å². The molecule has 3 heterocycles. The van der Waals surface area contributed by atoms with Crippen LogP contribution in [0.5, 0.6) is 0 Å². The van der Waals surface area contributed by atoms with Crippen LogP contribution in [0.15, 0.2) is 0 Å². The average molecular weight is 425 g/mol. The van der Waals surface area contributed by atoms with Crippen LogP contribution < -0.4 is 5.32 Å². The lowest BCUT2D eigenvalue weighted by Crippen LogP contribution is -2.55. The van der Waals surface area contributed by atoms with E-state index in [4.69, 9.17) is 14.6 Å². The first kappa shape index (κ1) is 23.0. The molecule has 0 aromatic carbocycles. The van der Waals surface area contributed by atoms with E-state index in [0.717, 1.165) is 25.7 Å². The van der Waals surface area contributed by atoms with E-state index >= 15 is 0 Å². The quantitative estimate of drug-likeness (QED) is 0.362. The summed E-state index contributed by atoms with van der Waals surface area (Å²) in [4.78, 5) is 41.0. The van der Waals surface area contributed by atoms with Crippen molar-refractivity contribution >= 4 is 17.8 Å². The Morgan fingerprint density at radius 3 is 2.73 bits per heavy atom. The molecule has 8 nitrogen and oxygen atoms in total. The molecule has 0 aromatic rings. The van der Waals surface area contributed by atoms with Gasteiger partial charge in [-0.25, -0.2) is 0 Å². The summed E-state index contributed by atoms with van der Waals surface area (Å²) in [5, 5.41) is 12.0. The highest BCUT2D eigenvalue weighted by molar-refractivity contribution is 5.98. The number of nitrogens with zero attached hydrogens (tertiary/aromatic N) is 1. The molecule has 0 radical (unpaired) electrons. The Morgan fingerprint density at radius 2 is 2.03 bits per heavy atom. The van der Waals surface area contributed by atoms with E-state index in [1.165, 1.54) is 0 Å². The summed E-state index contributed by atoms with van der Waals surface area (Å²) in [5.74, 6) is -2.04. The van der Waals surface area contributed by atoms with Crippen LogP contribution in [-0.2, 0) is 23.9 Å². The Bertz CT molecular complexity index is 641. The molecule has 5 atom stereocenters. The van der Waals surface area contributed by atoms with Gasteiger partial charge >= 0.3 is 5.97 Å². The Balaban J connectivity index is 1.82. The molecular weight excluding hydrogens is 388 g/mol. The second kappa shape index (κ2) is 10.1. The molecule has 0 aliphatic carbocycles. The van der Waals surface area contributed by atoms with Crippen molar-refractivity contribution in [3.8, 4) is 0 Å². The number of esters is 1. The van der Waals surface area contributed by atoms with Gasteiger partial charge in [0.25, 0.3) is 0 Å². The van der Waals surface area contributed by atoms with Gasteiger partial charge in [0, 0.05) is 19.7 Å². The molecule has 30 heavy (non-hydrogen) atoms. The second-order valence-electron chi connectivity index (χ2n) is 8.62. The first-order valence-corrected chi connectivity index (χ1v) is 11.5. The highest BCUT2D eigenvalue weighted by Crippen LogP contribution is 2.58. The minimum atomic E-state index is -0.939. The number of aliphatic hydroxyl groups is 1. The number of hydrogen-bond acceptors (Lipinski definition) is 6. The number of aliphatic hydroxyl groups excluding tert-OH is 1. The van der Waals surface area contributed by atoms with E-state index < -0.39 is 29.4 Å². The number of ether oxygens (including phenoxy) is 2. The minimum absolute atomic E-state index is 0.109. The molecule has 3 fully saturated rings. The van der Waals surface area contributed by atoms with Crippen LogP contribution >= 0.6 is 0 Å². The molecule has 2 amide bonds. The Morgan fingerprint density at radius 1 is 1.23 bits per heavy atom. The van der Waals surface area contributed by atoms with E-state index in [0.29, 0.717) is 38.8 Å². The van der Waals surface area contributed by atoms with Crippen LogP contribution in [0, 0.1) is 11.8 Å². The summed E-state index contributed by atoms with van der Waals surface area (Å²) < 4.78 is 11.5. The molecule has 2 bridgehead atoms. The first-order valence-electron chi connectivity index (χ1n) is 11.5. The van der Waals surface area contributed by atoms with E-state index in [1.807, 2.05) is 0 Å². The number of fused-ring (bicyclic) bond motifs is 1. The average Bonchev–Trinajstić information content (AvgIpc) is 3.36. The van der Waals surface area contributed by atoms with Gasteiger partial charge in [-0.1, -0.05) is 19.8 Å². The molecule has 3 aliphatic heterocycles. The predicted molar refractivity (Wildman–Crippen MR) is 109 cm³/mol. The lowest BCUT2D eigenvalue weighted by atomic mass is 9.71. The largest absolute Gasteiger partial charge is 0.466 e. The summed E-state index contributed by atoms with van der Waals surface area (Å²) >= 11 is 0. The van der Waals surface area contributed by atoms with Gasteiger partial charge in [-0.15, -0.1) is 0 Å². The van der Waals surface area contributed by atoms with Crippen molar-refractivity contribution in [2.45, 2.75) is 83.0 Å². The molecule has 0 aromatic heterocycles. The summed E-state index contributed by atoms with van der Waals surface area (Å²) in [6, 6.07) is -0.713. The summed E-state index contributed by atoms with van der Waals surface area (Å²) in [6.45, 7) is 5.21. The molecule has 3 rings (SSSR count). The standard InChI is InChI=1S/C22H36N2O6/c1-3-5-7-12-23-19(26)18-22-11-10-15(30-22)16(21(28)29-4-2)17(22)20(27)24(18)13-8-6-9-14-25/h15-18,25H,3-14H2,1-2H3,(H,23,26)/t15-,16+,17+,18-,22+/m0/s1. The van der Waals surface area contributed by atoms with Crippen molar-refractivity contribution in [2.75, 3.05) is 26.3 Å². The van der Waals surface area contributed by atoms with Gasteiger partial charge in [0.1, 0.15) is 11.6 Å². The molecule has 3 aliphatic rings. The van der Waals surface area contributed by atoms with Crippen LogP contribution in [0.25, 0.3) is 0 Å². The Kier molecular flexibility index (Phi) is 7.74. The molecule has 0 saturated carbocycles. The maximum atomic E-state index is 13.5. The number of nitrogens with one attached hydrogen (secondary N) is 1. The van der Waals surface area contributed by atoms with Gasteiger partial charge in [0.15, 0.2) is 0 Å². The van der Waals surface area contributed by atoms with Gasteiger partial charge in [-0.3, -0.25) is 14.4 Å². The highest BCUT2D eigenvalue weighted by Gasteiger charge is 2.74. The van der Waals surface area contributed by atoms with Crippen LogP contribution in [0.2, 0.25) is 0 Å². The fourth-order valence-corrected chi connectivity index (χ4v) is 5.45. The van der Waals surface area contributed by atoms with E-state index in [-0.39, 0.29) is 31.1 Å². The maximum Gasteiger partial charge on any atom is 0.312 e. The fraction of sp³-hybridized carbons (Fsp3) is 0.864. The van der Waals surface area contributed by atoms with Crippen molar-refractivity contribution in [1.82, 2.24) is 10.2 Å². The Hall–Kier alpha value is -1.67. The van der Waals surface area contributed by atoms with Crippen molar-refractivity contribution in [1.29, 1.82) is 0 Å². The van der Waals surface area contributed by atoms with Gasteiger partial charge in [-0.2, -0.15) is 0 Å². The number of amides is 2. The number of carbonyl (C=O) groups excluding carboxylic acids is 3. The molecule has 0 unspecified atom stereocenters. The summed E-state index contributed by atoms with van der Waals surface area (Å²) in [5.41, 5.74) is -0.939. The predicted octanol–water partition coefficient (Wildman–Crippen LogP) is 1.39. The number of hydrogen-bond donors (Lipinski definition) is 2. The molecule has 2 N–H and O–H groups in total. The third-order valence-electron chi connectivity index (χ3n) is 6.74. The van der Waals surface area contributed by atoms with Gasteiger partial charge in [0.05, 0.1) is 24.5 Å². The zero-order chi connectivity index (χ0) is 21.7. The molecule has 1 spiro atoms. The molecule has 3 saturated heterocycles. The van der Waals surface area contributed by atoms with E-state index in [2.05, 4.69) is 12.2 Å². The smallest absolute Gasteiger partial charge is 0.312 e. The third-order valence-corrected chi connectivity index (χ3v) is 6.74. The first-order chi connectivity index (χ1) is 14.5. The van der Waals surface area contributed by atoms with Crippen molar-refractivity contribution in [3.05, 3.63) is 0 Å². The second-order valence-corrected chi connectivity index (χ2v) is 8.62. The summed E-state index contributed by atoms with van der Waals surface area (Å²) in [7, 11) is 0. The van der Waals surface area contributed by atoms with Crippen LogP contribution in [-0.4, -0.2) is 71.8 Å². The number of carbonyl (C=O) groups is 3. The van der Waals surface area contributed by atoms with Crippen LogP contribution in [0.4, 0.5) is 0 Å². The lowest BCUT2D eigenvalue weighted by Gasteiger charge is -2.33. The molecule has 170 valence electrons. The van der Waals surface area contributed by atoms with Crippen molar-refractivity contribution in [3.63, 3.8) is 0 Å². The normalized spacial score (nSPS) is 31.8. The highest BCUT2D eigenvalue weighted by atomic mass is 16.6. The number of unbranched alkanes of at least 4 members (excludes halogenated alkanes) is 4. The van der Waals surface area contributed by atoms with E-state index in [9.17, 15) is 14.4 Å². The SMILES string of the molecule is CCCCCNC(=O)[C@@H]1N(CCCCCO)C(=O)[C@H]2[C@H](C(=O)OCC)[C@@H]3CC[C@]12O3. The summed E-state index contributed by atoms with van der Waals surface area (Å²) in [6.07, 6.45) is 6.02. The van der Waals surface area contributed by atoms with Gasteiger partial charge in [-0.05, 0) is 45.4 Å². The number of likely N-dealkylation sites (tertiary alicyclic amines) is 1. The Labute approximate surface area is 178 Å². The van der Waals surface area contributed by atoms with Crippen LogP contribution in [0.1, 0.15) is 65.2 Å². The van der Waals surface area contributed by atoms with Crippen LogP contribution in [0.3, 0.4) is 0 Å². The van der Waals surface area contributed by atoms with Crippen molar-refractivity contribution in [2.24, 2.45) is 11.8 Å². The topological polar surface area (TPSA) is 105 Å². The van der Waals surface area contributed by atoms with E-state index in [1.54, 1.807) is 11.8 Å². The van der Waals surface area contributed by atoms with Gasteiger partial charge in [0.2, 0.25) is 11.8 Å². The number of rotatable bonds is 12. The van der Waals surface area contributed by atoms with Gasteiger partial charge < -0.3 is 24.8 Å². The monoisotopic (exact) mass is 424 g/mol. The molecule has 8 heteroatoms. The third kappa shape index (κ3) is 4.08. The molecular formula is C22H36N2O6.